The number of carboxylic acids is 2. The lowest BCUT2D eigenvalue weighted by molar-refractivity contribution is -0.134. The van der Waals surface area contributed by atoms with Gasteiger partial charge in [0, 0.05) is 30.7 Å². The Balaban J connectivity index is 0.000000359. The first-order valence-electron chi connectivity index (χ1n) is 7.92. The second-order valence-electron chi connectivity index (χ2n) is 5.47. The van der Waals surface area contributed by atoms with Gasteiger partial charge < -0.3 is 25.0 Å². The minimum atomic E-state index is -1.26. The van der Waals surface area contributed by atoms with Crippen LogP contribution in [0, 0.1) is 13.8 Å². The number of amidine groups is 1. The minimum absolute atomic E-state index is 0.558. The van der Waals surface area contributed by atoms with E-state index in [2.05, 4.69) is 17.2 Å². The lowest BCUT2D eigenvalue weighted by Crippen LogP contribution is -2.21. The lowest BCUT2D eigenvalue weighted by atomic mass is 9.99. The average Bonchev–Trinajstić information content (AvgIpc) is 3.09. The van der Waals surface area contributed by atoms with Gasteiger partial charge in [0.1, 0.15) is 17.3 Å². The predicted octanol–water partition coefficient (Wildman–Crippen LogP) is 1.58. The zero-order valence-corrected chi connectivity index (χ0v) is 15.3. The number of aliphatic imine (C=N–C) groups is 1. The van der Waals surface area contributed by atoms with Gasteiger partial charge >= 0.3 is 11.9 Å². The summed E-state index contributed by atoms with van der Waals surface area (Å²) in [4.78, 5) is 23.5. The fourth-order valence-corrected chi connectivity index (χ4v) is 2.56. The third-order valence-electron chi connectivity index (χ3n) is 3.68. The topological polar surface area (TPSA) is 117 Å². The Labute approximate surface area is 152 Å². The Kier molecular flexibility index (Phi) is 8.14. The number of carboxylic acid groups (broad SMARTS) is 2. The molecule has 1 aliphatic heterocycles. The molecule has 8 heteroatoms. The summed E-state index contributed by atoms with van der Waals surface area (Å²) in [5.41, 5.74) is 3.37. The highest BCUT2D eigenvalue weighted by molar-refractivity contribution is 5.89. The number of aryl methyl sites for hydroxylation is 1. The molecule has 1 aromatic rings. The second kappa shape index (κ2) is 10.1. The molecular weight excluding hydrogens is 340 g/mol. The van der Waals surface area contributed by atoms with Crippen LogP contribution >= 0.6 is 0 Å². The molecule has 0 saturated carbocycles. The summed E-state index contributed by atoms with van der Waals surface area (Å²) in [7, 11) is 3.41. The molecule has 142 valence electrons. The highest BCUT2D eigenvalue weighted by Crippen LogP contribution is 2.33. The summed E-state index contributed by atoms with van der Waals surface area (Å²) in [6.07, 6.45) is 1.89. The fourth-order valence-electron chi connectivity index (χ4n) is 2.56. The first-order valence-corrected chi connectivity index (χ1v) is 7.92. The smallest absolute Gasteiger partial charge is 0.328 e. The van der Waals surface area contributed by atoms with Crippen LogP contribution in [0.4, 0.5) is 0 Å². The molecule has 0 unspecified atom stereocenters. The number of nitrogens with zero attached hydrogens (tertiary/aromatic N) is 1. The van der Waals surface area contributed by atoms with Crippen molar-refractivity contribution >= 4 is 17.8 Å². The van der Waals surface area contributed by atoms with E-state index in [0.29, 0.717) is 12.2 Å². The van der Waals surface area contributed by atoms with E-state index in [-0.39, 0.29) is 0 Å². The molecule has 3 N–H and O–H groups in total. The summed E-state index contributed by atoms with van der Waals surface area (Å²) in [6.45, 7) is 5.89. The van der Waals surface area contributed by atoms with E-state index in [1.165, 1.54) is 0 Å². The molecule has 26 heavy (non-hydrogen) atoms. The maximum atomic E-state index is 9.55. The highest BCUT2D eigenvalue weighted by atomic mass is 16.5. The van der Waals surface area contributed by atoms with Crippen LogP contribution in [0.15, 0.2) is 23.2 Å². The van der Waals surface area contributed by atoms with E-state index in [4.69, 9.17) is 19.7 Å². The van der Waals surface area contributed by atoms with Gasteiger partial charge in [-0.15, -0.1) is 0 Å². The van der Waals surface area contributed by atoms with Crippen molar-refractivity contribution in [3.05, 3.63) is 34.9 Å². The monoisotopic (exact) mass is 364 g/mol. The maximum absolute atomic E-state index is 9.55. The van der Waals surface area contributed by atoms with E-state index in [1.807, 2.05) is 13.0 Å². The SMILES string of the molecule is COc1cc(C)c(OC)c(C)c1CC1=NCCN1.O=C(O)/C=C/C(=O)O. The van der Waals surface area contributed by atoms with Crippen molar-refractivity contribution in [1.29, 1.82) is 0 Å². The van der Waals surface area contributed by atoms with Gasteiger partial charge in [-0.25, -0.2) is 9.59 Å². The number of methoxy groups -OCH3 is 2. The summed E-state index contributed by atoms with van der Waals surface area (Å²) < 4.78 is 10.9. The summed E-state index contributed by atoms with van der Waals surface area (Å²) in [6, 6.07) is 2.02. The first-order chi connectivity index (χ1) is 12.3. The fraction of sp³-hybridized carbons (Fsp3) is 0.389. The van der Waals surface area contributed by atoms with Crippen LogP contribution in [-0.4, -0.2) is 55.3 Å². The van der Waals surface area contributed by atoms with Crippen molar-refractivity contribution in [1.82, 2.24) is 5.32 Å². The molecule has 0 amide bonds. The van der Waals surface area contributed by atoms with E-state index < -0.39 is 11.9 Å². The highest BCUT2D eigenvalue weighted by Gasteiger charge is 2.17. The number of rotatable bonds is 6. The molecule has 0 radical (unpaired) electrons. The quantitative estimate of drug-likeness (QED) is 0.656. The number of nitrogens with one attached hydrogen (secondary N) is 1. The third kappa shape index (κ3) is 6.12. The van der Waals surface area contributed by atoms with Crippen molar-refractivity contribution in [3.63, 3.8) is 0 Å². The Hall–Kier alpha value is -3.03. The molecule has 0 atom stereocenters. The van der Waals surface area contributed by atoms with E-state index >= 15 is 0 Å². The molecule has 0 aliphatic carbocycles. The van der Waals surface area contributed by atoms with E-state index in [0.717, 1.165) is 53.5 Å². The van der Waals surface area contributed by atoms with Crippen LogP contribution in [0.3, 0.4) is 0 Å². The van der Waals surface area contributed by atoms with Gasteiger partial charge in [0.05, 0.1) is 20.8 Å². The van der Waals surface area contributed by atoms with Gasteiger partial charge in [0.15, 0.2) is 0 Å². The summed E-state index contributed by atoms with van der Waals surface area (Å²) in [5, 5.41) is 18.9. The number of carbonyl (C=O) groups is 2. The average molecular weight is 364 g/mol. The molecule has 0 saturated heterocycles. The number of hydrogen-bond donors (Lipinski definition) is 3. The molecule has 0 aromatic heterocycles. The van der Waals surface area contributed by atoms with Gasteiger partial charge in [0.25, 0.3) is 0 Å². The largest absolute Gasteiger partial charge is 0.496 e. The predicted molar refractivity (Wildman–Crippen MR) is 97.4 cm³/mol. The van der Waals surface area contributed by atoms with Crippen LogP contribution in [0.5, 0.6) is 11.5 Å². The van der Waals surface area contributed by atoms with Gasteiger partial charge in [0.2, 0.25) is 0 Å². The molecule has 1 heterocycles. The number of aliphatic carboxylic acids is 2. The third-order valence-corrected chi connectivity index (χ3v) is 3.68. The van der Waals surface area contributed by atoms with Crippen LogP contribution in [0.25, 0.3) is 0 Å². The van der Waals surface area contributed by atoms with Gasteiger partial charge in [-0.1, -0.05) is 0 Å². The van der Waals surface area contributed by atoms with Crippen molar-refractivity contribution in [2.75, 3.05) is 27.3 Å². The Bertz CT molecular complexity index is 709. The van der Waals surface area contributed by atoms with Gasteiger partial charge in [-0.3, -0.25) is 4.99 Å². The number of benzene rings is 1. The molecule has 0 spiro atoms. The van der Waals surface area contributed by atoms with Crippen molar-refractivity contribution in [3.8, 4) is 11.5 Å². The minimum Gasteiger partial charge on any atom is -0.496 e. The van der Waals surface area contributed by atoms with E-state index in [1.54, 1.807) is 14.2 Å². The van der Waals surface area contributed by atoms with Crippen molar-refractivity contribution < 1.29 is 29.3 Å². The summed E-state index contributed by atoms with van der Waals surface area (Å²) in [5.74, 6) is 0.355. The molecular formula is C18H24N2O6. The zero-order chi connectivity index (χ0) is 19.7. The molecule has 8 nitrogen and oxygen atoms in total. The van der Waals surface area contributed by atoms with Gasteiger partial charge in [-0.05, 0) is 31.0 Å². The lowest BCUT2D eigenvalue weighted by Gasteiger charge is -2.17. The van der Waals surface area contributed by atoms with Gasteiger partial charge in [-0.2, -0.15) is 0 Å². The zero-order valence-electron chi connectivity index (χ0n) is 15.3. The molecule has 0 bridgehead atoms. The molecule has 0 fully saturated rings. The summed E-state index contributed by atoms with van der Waals surface area (Å²) >= 11 is 0. The van der Waals surface area contributed by atoms with Crippen molar-refractivity contribution in [2.45, 2.75) is 20.3 Å². The van der Waals surface area contributed by atoms with Crippen LogP contribution in [-0.2, 0) is 16.0 Å². The van der Waals surface area contributed by atoms with E-state index in [9.17, 15) is 9.59 Å². The Morgan fingerprint density at radius 1 is 1.19 bits per heavy atom. The Morgan fingerprint density at radius 2 is 1.81 bits per heavy atom. The maximum Gasteiger partial charge on any atom is 0.328 e. The van der Waals surface area contributed by atoms with Crippen LogP contribution < -0.4 is 14.8 Å². The first kappa shape index (κ1) is 21.0. The second-order valence-corrected chi connectivity index (χ2v) is 5.47. The standard InChI is InChI=1S/C14H20N2O2.C4H4O4/c1-9-7-12(17-3)11(10(2)14(9)18-4)8-13-15-5-6-16-13;5-3(6)1-2-4(7)8/h7H,5-6,8H2,1-4H3,(H,15,16);1-2H,(H,5,6)(H,7,8)/b;2-1+. The Morgan fingerprint density at radius 3 is 2.23 bits per heavy atom. The van der Waals surface area contributed by atoms with Crippen molar-refractivity contribution in [2.24, 2.45) is 4.99 Å². The number of hydrogen-bond acceptors (Lipinski definition) is 6. The number of ether oxygens (including phenoxy) is 2. The molecule has 1 aromatic carbocycles. The molecule has 1 aliphatic rings. The van der Waals surface area contributed by atoms with Crippen LogP contribution in [0.1, 0.15) is 16.7 Å². The molecule has 2 rings (SSSR count). The van der Waals surface area contributed by atoms with Crippen LogP contribution in [0.2, 0.25) is 0 Å². The normalized spacial score (nSPS) is 12.7.